The number of methoxy groups -OCH3 is 1. The van der Waals surface area contributed by atoms with Crippen LogP contribution in [0.25, 0.3) is 0 Å². The number of benzene rings is 1. The van der Waals surface area contributed by atoms with E-state index < -0.39 is 0 Å². The van der Waals surface area contributed by atoms with Crippen LogP contribution < -0.4 is 5.32 Å². The third kappa shape index (κ3) is 3.12. The molecule has 3 aliphatic rings. The van der Waals surface area contributed by atoms with Crippen molar-refractivity contribution in [3.05, 3.63) is 35.4 Å². The van der Waals surface area contributed by atoms with Gasteiger partial charge in [0.05, 0.1) is 12.0 Å². The number of likely N-dealkylation sites (tertiary alicyclic amines) is 2. The molecule has 3 heterocycles. The van der Waals surface area contributed by atoms with Crippen LogP contribution in [0.4, 0.5) is 0 Å². The molecule has 2 spiro atoms. The number of amides is 2. The van der Waals surface area contributed by atoms with Crippen molar-refractivity contribution >= 4 is 11.8 Å². The predicted octanol–water partition coefficient (Wildman–Crippen LogP) is 1.69. The van der Waals surface area contributed by atoms with E-state index in [4.69, 9.17) is 4.74 Å². The van der Waals surface area contributed by atoms with Gasteiger partial charge < -0.3 is 15.0 Å². The van der Waals surface area contributed by atoms with Gasteiger partial charge in [0.1, 0.15) is 0 Å². The minimum Gasteiger partial charge on any atom is -0.383 e. The van der Waals surface area contributed by atoms with E-state index in [2.05, 4.69) is 10.2 Å². The zero-order chi connectivity index (χ0) is 19.8. The van der Waals surface area contributed by atoms with Crippen molar-refractivity contribution in [3.8, 4) is 0 Å². The summed E-state index contributed by atoms with van der Waals surface area (Å²) in [5.41, 5.74) is 1.57. The number of aryl methyl sites for hydroxylation is 1. The number of nitrogens with one attached hydrogen (secondary N) is 1. The zero-order valence-electron chi connectivity index (χ0n) is 17.0. The summed E-state index contributed by atoms with van der Waals surface area (Å²) in [6, 6.07) is 7.80. The van der Waals surface area contributed by atoms with Crippen LogP contribution in [0.3, 0.4) is 0 Å². The first-order valence-electron chi connectivity index (χ1n) is 10.4. The van der Waals surface area contributed by atoms with Gasteiger partial charge in [-0.05, 0) is 38.3 Å². The molecule has 6 nitrogen and oxygen atoms in total. The molecule has 1 aromatic carbocycles. The Bertz CT molecular complexity index is 740. The van der Waals surface area contributed by atoms with Crippen LogP contribution in [-0.4, -0.2) is 74.6 Å². The minimum atomic E-state index is -0.306. The molecule has 152 valence electrons. The van der Waals surface area contributed by atoms with Crippen LogP contribution in [0.2, 0.25) is 0 Å². The summed E-state index contributed by atoms with van der Waals surface area (Å²) in [6.45, 7) is 7.53. The van der Waals surface area contributed by atoms with E-state index in [1.807, 2.05) is 36.1 Å². The topological polar surface area (TPSA) is 61.9 Å². The highest BCUT2D eigenvalue weighted by molar-refractivity contribution is 5.94. The Hall–Kier alpha value is -1.92. The monoisotopic (exact) mass is 385 g/mol. The van der Waals surface area contributed by atoms with Crippen LogP contribution in [-0.2, 0) is 9.53 Å². The molecule has 0 bridgehead atoms. The number of carbonyl (C=O) groups excluding carboxylic acids is 2. The lowest BCUT2D eigenvalue weighted by Gasteiger charge is -2.46. The number of piperidine rings is 1. The maximum Gasteiger partial charge on any atom is 0.253 e. The van der Waals surface area contributed by atoms with E-state index in [1.165, 1.54) is 0 Å². The van der Waals surface area contributed by atoms with Gasteiger partial charge in [-0.15, -0.1) is 0 Å². The number of fused-ring (bicyclic) bond motifs is 1. The van der Waals surface area contributed by atoms with Crippen molar-refractivity contribution in [1.29, 1.82) is 0 Å². The van der Waals surface area contributed by atoms with E-state index in [-0.39, 0.29) is 22.6 Å². The minimum absolute atomic E-state index is 0.0363. The average molecular weight is 386 g/mol. The van der Waals surface area contributed by atoms with E-state index in [0.717, 1.165) is 69.7 Å². The third-order valence-corrected chi connectivity index (χ3v) is 7.22. The second kappa shape index (κ2) is 7.48. The summed E-state index contributed by atoms with van der Waals surface area (Å²) >= 11 is 0. The maximum atomic E-state index is 12.9. The number of hydrogen-bond acceptors (Lipinski definition) is 4. The fourth-order valence-electron chi connectivity index (χ4n) is 5.55. The van der Waals surface area contributed by atoms with Gasteiger partial charge in [0, 0.05) is 57.4 Å². The molecule has 3 saturated heterocycles. The van der Waals surface area contributed by atoms with Gasteiger partial charge in [-0.25, -0.2) is 0 Å². The van der Waals surface area contributed by atoms with Gasteiger partial charge in [-0.1, -0.05) is 17.7 Å². The van der Waals surface area contributed by atoms with Gasteiger partial charge >= 0.3 is 0 Å². The van der Waals surface area contributed by atoms with Crippen LogP contribution >= 0.6 is 0 Å². The molecule has 2 amide bonds. The van der Waals surface area contributed by atoms with Crippen molar-refractivity contribution in [2.75, 3.05) is 53.0 Å². The lowest BCUT2D eigenvalue weighted by Crippen LogP contribution is -2.53. The second-order valence-corrected chi connectivity index (χ2v) is 8.73. The molecule has 0 saturated carbocycles. The normalized spacial score (nSPS) is 26.9. The van der Waals surface area contributed by atoms with Crippen LogP contribution in [0, 0.1) is 17.8 Å². The Morgan fingerprint density at radius 3 is 2.46 bits per heavy atom. The summed E-state index contributed by atoms with van der Waals surface area (Å²) < 4.78 is 5.27. The molecular weight excluding hydrogens is 354 g/mol. The second-order valence-electron chi connectivity index (χ2n) is 8.73. The highest BCUT2D eigenvalue weighted by Crippen LogP contribution is 2.56. The van der Waals surface area contributed by atoms with E-state index in [9.17, 15) is 9.59 Å². The van der Waals surface area contributed by atoms with Gasteiger partial charge in [0.15, 0.2) is 0 Å². The maximum absolute atomic E-state index is 12.9. The number of nitrogens with zero attached hydrogens (tertiary/aromatic N) is 2. The molecule has 0 unspecified atom stereocenters. The molecule has 0 aromatic heterocycles. The highest BCUT2D eigenvalue weighted by Gasteiger charge is 2.63. The van der Waals surface area contributed by atoms with Gasteiger partial charge in [0.2, 0.25) is 5.91 Å². The molecule has 0 aliphatic carbocycles. The molecule has 6 heteroatoms. The summed E-state index contributed by atoms with van der Waals surface area (Å²) in [5.74, 6) is 0.319. The molecule has 3 aliphatic heterocycles. The van der Waals surface area contributed by atoms with Gasteiger partial charge in [-0.3, -0.25) is 14.5 Å². The quantitative estimate of drug-likeness (QED) is 0.857. The van der Waals surface area contributed by atoms with E-state index in [0.29, 0.717) is 6.61 Å². The molecule has 1 atom stereocenters. The molecule has 0 radical (unpaired) electrons. The molecule has 4 rings (SSSR count). The average Bonchev–Trinajstić information content (AvgIpc) is 3.22. The SMILES string of the molecule is COCCN1CC2(CCN(C(=O)c3ccc(C)cc3)CC2)[C@]2(CCNC2=O)C1. The van der Waals surface area contributed by atoms with Crippen LogP contribution in [0.5, 0.6) is 0 Å². The molecule has 3 fully saturated rings. The van der Waals surface area contributed by atoms with Crippen molar-refractivity contribution in [2.24, 2.45) is 10.8 Å². The summed E-state index contributed by atoms with van der Waals surface area (Å²) in [6.07, 6.45) is 2.68. The first-order valence-corrected chi connectivity index (χ1v) is 10.4. The smallest absolute Gasteiger partial charge is 0.253 e. The Kier molecular flexibility index (Phi) is 5.19. The Balaban J connectivity index is 1.50. The standard InChI is InChI=1S/C22H31N3O3/c1-17-3-5-18(6-4-17)19(26)25-11-8-21(9-12-25)15-24(13-14-28-2)16-22(21)7-10-23-20(22)27/h3-6H,7-16H2,1-2H3,(H,23,27)/t22-/m1/s1. The van der Waals surface area contributed by atoms with Crippen molar-refractivity contribution in [2.45, 2.75) is 26.2 Å². The van der Waals surface area contributed by atoms with Crippen LogP contribution in [0.15, 0.2) is 24.3 Å². The number of rotatable bonds is 4. The first kappa shape index (κ1) is 19.4. The number of carbonyl (C=O) groups is 2. The lowest BCUT2D eigenvalue weighted by molar-refractivity contribution is -0.133. The van der Waals surface area contributed by atoms with Crippen LogP contribution in [0.1, 0.15) is 35.2 Å². The largest absolute Gasteiger partial charge is 0.383 e. The lowest BCUT2D eigenvalue weighted by atomic mass is 9.60. The molecule has 28 heavy (non-hydrogen) atoms. The van der Waals surface area contributed by atoms with Crippen molar-refractivity contribution < 1.29 is 14.3 Å². The number of hydrogen-bond donors (Lipinski definition) is 1. The van der Waals surface area contributed by atoms with E-state index in [1.54, 1.807) is 7.11 Å². The van der Waals surface area contributed by atoms with Gasteiger partial charge in [0.25, 0.3) is 5.91 Å². The van der Waals surface area contributed by atoms with Gasteiger partial charge in [-0.2, -0.15) is 0 Å². The molecule has 1 aromatic rings. The fourth-order valence-corrected chi connectivity index (χ4v) is 5.55. The summed E-state index contributed by atoms with van der Waals surface area (Å²) in [4.78, 5) is 30.2. The molecule has 1 N–H and O–H groups in total. The predicted molar refractivity (Wildman–Crippen MR) is 107 cm³/mol. The Labute approximate surface area is 167 Å². The summed E-state index contributed by atoms with van der Waals surface area (Å²) in [7, 11) is 1.72. The molecular formula is C22H31N3O3. The first-order chi connectivity index (χ1) is 13.5. The fraction of sp³-hybridized carbons (Fsp3) is 0.636. The Morgan fingerprint density at radius 2 is 1.86 bits per heavy atom. The van der Waals surface area contributed by atoms with Crippen molar-refractivity contribution in [3.63, 3.8) is 0 Å². The third-order valence-electron chi connectivity index (χ3n) is 7.22. The van der Waals surface area contributed by atoms with Crippen molar-refractivity contribution in [1.82, 2.24) is 15.1 Å². The number of ether oxygens (including phenoxy) is 1. The highest BCUT2D eigenvalue weighted by atomic mass is 16.5. The van der Waals surface area contributed by atoms with E-state index >= 15 is 0 Å². The zero-order valence-corrected chi connectivity index (χ0v) is 17.0. The Morgan fingerprint density at radius 1 is 1.14 bits per heavy atom. The summed E-state index contributed by atoms with van der Waals surface area (Å²) in [5, 5.41) is 3.09.